The van der Waals surface area contributed by atoms with E-state index in [1.807, 2.05) is 0 Å². The molecule has 1 heteroatoms. The van der Waals surface area contributed by atoms with Gasteiger partial charge in [-0.15, -0.1) is 0 Å². The average molecular weight is 231 g/mol. The van der Waals surface area contributed by atoms with Crippen molar-refractivity contribution in [2.24, 2.45) is 5.92 Å². The Morgan fingerprint density at radius 2 is 1.94 bits per heavy atom. The second-order valence-electron chi connectivity index (χ2n) is 5.35. The predicted molar refractivity (Wildman–Crippen MR) is 74.4 cm³/mol. The topological polar surface area (TPSA) is 12.0 Å². The van der Waals surface area contributed by atoms with Crippen LogP contribution in [-0.2, 0) is 6.42 Å². The van der Waals surface area contributed by atoms with Crippen LogP contribution in [0.4, 0.5) is 0 Å². The largest absolute Gasteiger partial charge is 0.319 e. The summed E-state index contributed by atoms with van der Waals surface area (Å²) >= 11 is 0. The van der Waals surface area contributed by atoms with Gasteiger partial charge in [-0.3, -0.25) is 0 Å². The summed E-state index contributed by atoms with van der Waals surface area (Å²) in [5, 5.41) is 3.34. The molecular formula is C16H25N. The van der Waals surface area contributed by atoms with E-state index in [0.717, 1.165) is 11.8 Å². The van der Waals surface area contributed by atoms with Crippen LogP contribution in [0.3, 0.4) is 0 Å². The van der Waals surface area contributed by atoms with E-state index in [4.69, 9.17) is 0 Å². The van der Waals surface area contributed by atoms with E-state index in [1.54, 1.807) is 5.56 Å². The molecular weight excluding hydrogens is 206 g/mol. The summed E-state index contributed by atoms with van der Waals surface area (Å²) in [6.07, 6.45) is 6.62. The first kappa shape index (κ1) is 12.6. The minimum Gasteiger partial charge on any atom is -0.319 e. The summed E-state index contributed by atoms with van der Waals surface area (Å²) in [6, 6.07) is 9.38. The molecule has 1 saturated carbocycles. The highest BCUT2D eigenvalue weighted by Gasteiger charge is 2.27. The lowest BCUT2D eigenvalue weighted by molar-refractivity contribution is 0.462. The second kappa shape index (κ2) is 6.20. The van der Waals surface area contributed by atoms with Gasteiger partial charge in [-0.1, -0.05) is 44.0 Å². The fourth-order valence-corrected chi connectivity index (χ4v) is 3.20. The Balaban J connectivity index is 2.05. The van der Waals surface area contributed by atoms with Crippen LogP contribution >= 0.6 is 0 Å². The maximum absolute atomic E-state index is 3.34. The Morgan fingerprint density at radius 3 is 2.59 bits per heavy atom. The van der Waals surface area contributed by atoms with E-state index >= 15 is 0 Å². The summed E-state index contributed by atoms with van der Waals surface area (Å²) in [4.78, 5) is 0. The molecule has 1 aliphatic carbocycles. The van der Waals surface area contributed by atoms with Gasteiger partial charge in [0.25, 0.3) is 0 Å². The SMILES string of the molecule is CCCc1ccc(C2CCCC2CNC)cc1. The first-order valence-corrected chi connectivity index (χ1v) is 7.08. The van der Waals surface area contributed by atoms with Crippen molar-refractivity contribution in [1.29, 1.82) is 0 Å². The van der Waals surface area contributed by atoms with Gasteiger partial charge in [0, 0.05) is 0 Å². The summed E-state index contributed by atoms with van der Waals surface area (Å²) in [6.45, 7) is 3.41. The van der Waals surface area contributed by atoms with Gasteiger partial charge in [-0.25, -0.2) is 0 Å². The van der Waals surface area contributed by atoms with Crippen molar-refractivity contribution in [2.75, 3.05) is 13.6 Å². The zero-order valence-electron chi connectivity index (χ0n) is 11.2. The first-order valence-electron chi connectivity index (χ1n) is 7.08. The molecule has 1 aliphatic rings. The fourth-order valence-electron chi connectivity index (χ4n) is 3.20. The van der Waals surface area contributed by atoms with Gasteiger partial charge in [-0.05, 0) is 55.8 Å². The van der Waals surface area contributed by atoms with Crippen molar-refractivity contribution in [3.63, 3.8) is 0 Å². The lowest BCUT2D eigenvalue weighted by Gasteiger charge is -2.20. The molecule has 2 atom stereocenters. The van der Waals surface area contributed by atoms with Crippen LogP contribution in [0.1, 0.15) is 49.7 Å². The molecule has 0 saturated heterocycles. The van der Waals surface area contributed by atoms with Gasteiger partial charge in [0.2, 0.25) is 0 Å². The van der Waals surface area contributed by atoms with Crippen LogP contribution in [0, 0.1) is 5.92 Å². The summed E-state index contributed by atoms with van der Waals surface area (Å²) in [5.74, 6) is 1.63. The van der Waals surface area contributed by atoms with Crippen molar-refractivity contribution < 1.29 is 0 Å². The Hall–Kier alpha value is -0.820. The predicted octanol–water partition coefficient (Wildman–Crippen LogP) is 3.74. The van der Waals surface area contributed by atoms with Crippen LogP contribution < -0.4 is 5.32 Å². The molecule has 1 nitrogen and oxygen atoms in total. The van der Waals surface area contributed by atoms with Crippen molar-refractivity contribution in [3.8, 4) is 0 Å². The molecule has 0 radical (unpaired) electrons. The zero-order valence-corrected chi connectivity index (χ0v) is 11.2. The summed E-state index contributed by atoms with van der Waals surface area (Å²) in [5.41, 5.74) is 3.04. The smallest absolute Gasteiger partial charge is 0.00177 e. The maximum Gasteiger partial charge on any atom is -0.00177 e. The van der Waals surface area contributed by atoms with E-state index in [0.29, 0.717) is 0 Å². The molecule has 0 heterocycles. The molecule has 2 rings (SSSR count). The van der Waals surface area contributed by atoms with Crippen LogP contribution in [0.15, 0.2) is 24.3 Å². The Bertz CT molecular complexity index is 328. The van der Waals surface area contributed by atoms with Crippen LogP contribution in [0.25, 0.3) is 0 Å². The number of hydrogen-bond donors (Lipinski definition) is 1. The fraction of sp³-hybridized carbons (Fsp3) is 0.625. The normalized spacial score (nSPS) is 24.1. The molecule has 1 aromatic rings. The van der Waals surface area contributed by atoms with Gasteiger partial charge >= 0.3 is 0 Å². The minimum atomic E-state index is 0.790. The molecule has 1 aromatic carbocycles. The van der Waals surface area contributed by atoms with Crippen molar-refractivity contribution in [2.45, 2.75) is 44.9 Å². The van der Waals surface area contributed by atoms with E-state index in [2.05, 4.69) is 43.6 Å². The summed E-state index contributed by atoms with van der Waals surface area (Å²) < 4.78 is 0. The van der Waals surface area contributed by atoms with Crippen LogP contribution in [0.5, 0.6) is 0 Å². The molecule has 17 heavy (non-hydrogen) atoms. The van der Waals surface area contributed by atoms with Gasteiger partial charge < -0.3 is 5.32 Å². The van der Waals surface area contributed by atoms with Gasteiger partial charge in [0.05, 0.1) is 0 Å². The zero-order chi connectivity index (χ0) is 12.1. The molecule has 1 N–H and O–H groups in total. The molecule has 0 amide bonds. The molecule has 0 aromatic heterocycles. The molecule has 0 aliphatic heterocycles. The third-order valence-corrected chi connectivity index (χ3v) is 4.07. The first-order chi connectivity index (χ1) is 8.35. The lowest BCUT2D eigenvalue weighted by atomic mass is 9.88. The number of rotatable bonds is 5. The highest BCUT2D eigenvalue weighted by atomic mass is 14.8. The lowest BCUT2D eigenvalue weighted by Crippen LogP contribution is -2.20. The third-order valence-electron chi connectivity index (χ3n) is 4.07. The second-order valence-corrected chi connectivity index (χ2v) is 5.35. The van der Waals surface area contributed by atoms with E-state index in [-0.39, 0.29) is 0 Å². The maximum atomic E-state index is 3.34. The molecule has 0 spiro atoms. The standard InChI is InChI=1S/C16H25N/c1-3-5-13-8-10-14(11-9-13)16-7-4-6-15(16)12-17-2/h8-11,15-17H,3-7,12H2,1-2H3. The summed E-state index contributed by atoms with van der Waals surface area (Å²) in [7, 11) is 2.07. The monoisotopic (exact) mass is 231 g/mol. The third kappa shape index (κ3) is 3.10. The van der Waals surface area contributed by atoms with Gasteiger partial charge in [-0.2, -0.15) is 0 Å². The molecule has 94 valence electrons. The number of nitrogens with one attached hydrogen (secondary N) is 1. The number of benzene rings is 1. The molecule has 0 bridgehead atoms. The highest BCUT2D eigenvalue weighted by molar-refractivity contribution is 5.26. The Kier molecular flexibility index (Phi) is 4.61. The molecule has 2 unspecified atom stereocenters. The van der Waals surface area contributed by atoms with Crippen molar-refractivity contribution in [1.82, 2.24) is 5.32 Å². The van der Waals surface area contributed by atoms with E-state index in [1.165, 1.54) is 44.2 Å². The van der Waals surface area contributed by atoms with Gasteiger partial charge in [0.1, 0.15) is 0 Å². The Morgan fingerprint density at radius 1 is 1.18 bits per heavy atom. The highest BCUT2D eigenvalue weighted by Crippen LogP contribution is 2.39. The van der Waals surface area contributed by atoms with Crippen molar-refractivity contribution in [3.05, 3.63) is 35.4 Å². The van der Waals surface area contributed by atoms with Crippen LogP contribution in [-0.4, -0.2) is 13.6 Å². The number of aryl methyl sites for hydroxylation is 1. The number of hydrogen-bond acceptors (Lipinski definition) is 1. The molecule has 1 fully saturated rings. The van der Waals surface area contributed by atoms with Crippen molar-refractivity contribution >= 4 is 0 Å². The van der Waals surface area contributed by atoms with E-state index < -0.39 is 0 Å². The van der Waals surface area contributed by atoms with Crippen LogP contribution in [0.2, 0.25) is 0 Å². The quantitative estimate of drug-likeness (QED) is 0.814. The Labute approximate surface area is 106 Å². The van der Waals surface area contributed by atoms with E-state index in [9.17, 15) is 0 Å². The average Bonchev–Trinajstić information content (AvgIpc) is 2.79. The van der Waals surface area contributed by atoms with Gasteiger partial charge in [0.15, 0.2) is 0 Å². The minimum absolute atomic E-state index is 0.790.